The van der Waals surface area contributed by atoms with Gasteiger partial charge in [0.05, 0.1) is 0 Å². The SMILES string of the molecule is CC1=[C-]CC=C1.CC1=[C-]CC=C1.CO.[CH3-].[Hf]. The monoisotopic (exact) mass is 385 g/mol. The molecular weight excluding hydrogens is 363 g/mol. The van der Waals surface area contributed by atoms with E-state index in [4.69, 9.17) is 5.11 Å². The Morgan fingerprint density at radius 2 is 1.25 bits per heavy atom. The van der Waals surface area contributed by atoms with Crippen LogP contribution in [0.4, 0.5) is 0 Å². The molecule has 1 nitrogen and oxygen atoms in total. The van der Waals surface area contributed by atoms with E-state index >= 15 is 0 Å². The van der Waals surface area contributed by atoms with E-state index in [9.17, 15) is 0 Å². The second kappa shape index (κ2) is 14.8. The molecule has 0 amide bonds. The van der Waals surface area contributed by atoms with Crippen molar-refractivity contribution >= 4 is 0 Å². The van der Waals surface area contributed by atoms with Gasteiger partial charge in [0.1, 0.15) is 0 Å². The van der Waals surface area contributed by atoms with Crippen molar-refractivity contribution < 1.29 is 30.9 Å². The standard InChI is InChI=1S/2C6H7.CH4O.CH3.Hf/c2*1-6-4-2-3-5-6;1-2;;/h2*2,4H,3H2,1H3;2H,1H3;1H3;/q2*-1;;-1;. The zero-order valence-electron chi connectivity index (χ0n) is 10.7. The van der Waals surface area contributed by atoms with Crippen LogP contribution in [0.2, 0.25) is 0 Å². The van der Waals surface area contributed by atoms with Gasteiger partial charge in [0.15, 0.2) is 0 Å². The molecule has 0 saturated heterocycles. The molecular formula is C14H21HfO-3. The summed E-state index contributed by atoms with van der Waals surface area (Å²) >= 11 is 0. The first-order chi connectivity index (χ1) is 6.79. The van der Waals surface area contributed by atoms with Crippen molar-refractivity contribution in [2.45, 2.75) is 26.7 Å². The molecule has 0 aliphatic heterocycles. The summed E-state index contributed by atoms with van der Waals surface area (Å²) in [5.74, 6) is 0. The number of hydrogen-bond acceptors (Lipinski definition) is 1. The third-order valence-corrected chi connectivity index (χ3v) is 1.73. The van der Waals surface area contributed by atoms with Gasteiger partial charge in [-0.15, -0.1) is 12.8 Å². The first kappa shape index (κ1) is 21.1. The minimum Gasteiger partial charge on any atom is -0.400 e. The molecule has 2 aliphatic carbocycles. The molecule has 1 N–H and O–H groups in total. The predicted molar refractivity (Wildman–Crippen MR) is 66.9 cm³/mol. The normalized spacial score (nSPS) is 14.2. The van der Waals surface area contributed by atoms with Gasteiger partial charge in [0.25, 0.3) is 0 Å². The average molecular weight is 384 g/mol. The largest absolute Gasteiger partial charge is 0.400 e. The van der Waals surface area contributed by atoms with Crippen molar-refractivity contribution in [3.63, 3.8) is 0 Å². The molecule has 0 aromatic heterocycles. The van der Waals surface area contributed by atoms with Gasteiger partial charge in [0.2, 0.25) is 0 Å². The second-order valence-corrected chi connectivity index (χ2v) is 2.93. The minimum absolute atomic E-state index is 0. The fourth-order valence-electron chi connectivity index (χ4n) is 1.03. The molecule has 0 unspecified atom stereocenters. The number of rotatable bonds is 0. The van der Waals surface area contributed by atoms with Crippen LogP contribution in [0.3, 0.4) is 0 Å². The molecule has 0 aromatic carbocycles. The maximum Gasteiger partial charge on any atom is 0.0319 e. The van der Waals surface area contributed by atoms with Crippen molar-refractivity contribution in [1.82, 2.24) is 0 Å². The van der Waals surface area contributed by atoms with E-state index in [1.54, 1.807) is 0 Å². The Morgan fingerprint density at radius 1 is 0.938 bits per heavy atom. The summed E-state index contributed by atoms with van der Waals surface area (Å²) < 4.78 is 0. The van der Waals surface area contributed by atoms with Crippen LogP contribution in [0, 0.1) is 19.6 Å². The van der Waals surface area contributed by atoms with E-state index in [1.807, 2.05) is 0 Å². The third kappa shape index (κ3) is 11.9. The Morgan fingerprint density at radius 3 is 1.31 bits per heavy atom. The van der Waals surface area contributed by atoms with Gasteiger partial charge in [-0.2, -0.15) is 12.2 Å². The van der Waals surface area contributed by atoms with Crippen molar-refractivity contribution in [3.8, 4) is 0 Å². The van der Waals surface area contributed by atoms with Crippen molar-refractivity contribution in [2.75, 3.05) is 7.11 Å². The molecule has 2 heteroatoms. The Balaban J connectivity index is -0.000000165. The molecule has 2 aliphatic rings. The fraction of sp³-hybridized carbons (Fsp3) is 0.357. The molecule has 90 valence electrons. The Labute approximate surface area is 119 Å². The smallest absolute Gasteiger partial charge is 0.0319 e. The summed E-state index contributed by atoms with van der Waals surface area (Å²) in [6.07, 6.45) is 16.7. The topological polar surface area (TPSA) is 20.2 Å². The van der Waals surface area contributed by atoms with E-state index < -0.39 is 0 Å². The van der Waals surface area contributed by atoms with Gasteiger partial charge >= 0.3 is 0 Å². The van der Waals surface area contributed by atoms with Crippen LogP contribution in [0.5, 0.6) is 0 Å². The Bertz CT molecular complexity index is 226. The van der Waals surface area contributed by atoms with Crippen LogP contribution in [0.1, 0.15) is 26.7 Å². The van der Waals surface area contributed by atoms with Crippen LogP contribution >= 0.6 is 0 Å². The summed E-state index contributed by atoms with van der Waals surface area (Å²) in [4.78, 5) is 0. The van der Waals surface area contributed by atoms with Crippen LogP contribution in [-0.4, -0.2) is 12.2 Å². The average Bonchev–Trinajstić information content (AvgIpc) is 2.83. The molecule has 0 saturated carbocycles. The summed E-state index contributed by atoms with van der Waals surface area (Å²) in [5, 5.41) is 7.00. The maximum atomic E-state index is 7.00. The number of allylic oxidation sites excluding steroid dienone is 8. The summed E-state index contributed by atoms with van der Waals surface area (Å²) in [7, 11) is 1.00. The van der Waals surface area contributed by atoms with Crippen molar-refractivity contribution in [3.05, 3.63) is 55.0 Å². The minimum atomic E-state index is 0. The van der Waals surface area contributed by atoms with E-state index in [-0.39, 0.29) is 33.3 Å². The van der Waals surface area contributed by atoms with E-state index in [0.29, 0.717) is 0 Å². The van der Waals surface area contributed by atoms with Gasteiger partial charge in [-0.05, 0) is 0 Å². The maximum absolute atomic E-state index is 7.00. The van der Waals surface area contributed by atoms with E-state index in [2.05, 4.69) is 50.3 Å². The van der Waals surface area contributed by atoms with Crippen LogP contribution < -0.4 is 0 Å². The van der Waals surface area contributed by atoms with Crippen molar-refractivity contribution in [1.29, 1.82) is 0 Å². The van der Waals surface area contributed by atoms with Crippen LogP contribution in [-0.2, 0) is 25.8 Å². The zero-order valence-corrected chi connectivity index (χ0v) is 14.3. The third-order valence-electron chi connectivity index (χ3n) is 1.73. The van der Waals surface area contributed by atoms with Gasteiger partial charge in [-0.3, -0.25) is 12.2 Å². The first-order valence-corrected chi connectivity index (χ1v) is 4.71. The van der Waals surface area contributed by atoms with Gasteiger partial charge in [0, 0.05) is 33.0 Å². The summed E-state index contributed by atoms with van der Waals surface area (Å²) in [5.41, 5.74) is 2.55. The summed E-state index contributed by atoms with van der Waals surface area (Å²) in [6.45, 7) is 4.12. The van der Waals surface area contributed by atoms with Gasteiger partial charge in [-0.1, -0.05) is 13.8 Å². The predicted octanol–water partition coefficient (Wildman–Crippen LogP) is 3.45. The van der Waals surface area contributed by atoms with E-state index in [1.165, 1.54) is 11.1 Å². The van der Waals surface area contributed by atoms with E-state index in [0.717, 1.165) is 20.0 Å². The molecule has 2 rings (SSSR count). The fourth-order valence-corrected chi connectivity index (χ4v) is 1.03. The Kier molecular flexibility index (Phi) is 19.5. The number of aliphatic hydroxyl groups excluding tert-OH is 1. The molecule has 0 bridgehead atoms. The van der Waals surface area contributed by atoms with Crippen molar-refractivity contribution in [2.24, 2.45) is 0 Å². The molecule has 0 radical (unpaired) electrons. The summed E-state index contributed by atoms with van der Waals surface area (Å²) in [6, 6.07) is 0. The number of aliphatic hydroxyl groups is 1. The van der Waals surface area contributed by atoms with Gasteiger partial charge < -0.3 is 12.5 Å². The quantitative estimate of drug-likeness (QED) is 0.502. The molecule has 0 spiro atoms. The first-order valence-electron chi connectivity index (χ1n) is 4.71. The Hall–Kier alpha value is -0.210. The van der Waals surface area contributed by atoms with Gasteiger partial charge in [-0.25, -0.2) is 23.3 Å². The van der Waals surface area contributed by atoms with Crippen LogP contribution in [0.25, 0.3) is 0 Å². The number of hydrogen-bond donors (Lipinski definition) is 1. The zero-order chi connectivity index (χ0) is 10.8. The van der Waals surface area contributed by atoms with Crippen LogP contribution in [0.15, 0.2) is 35.5 Å². The molecule has 0 heterocycles. The molecule has 0 atom stereocenters. The molecule has 0 fully saturated rings. The molecule has 16 heavy (non-hydrogen) atoms. The molecule has 0 aromatic rings. The second-order valence-electron chi connectivity index (χ2n) is 2.93.